The molecule has 1 amide bonds. The van der Waals surface area contributed by atoms with Gasteiger partial charge in [0, 0.05) is 30.0 Å². The average molecular weight is 527 g/mol. The Morgan fingerprint density at radius 2 is 1.62 bits per heavy atom. The van der Waals surface area contributed by atoms with Crippen molar-refractivity contribution in [1.82, 2.24) is 0 Å². The molecule has 3 aromatic carbocycles. The van der Waals surface area contributed by atoms with Gasteiger partial charge in [-0.3, -0.25) is 14.5 Å². The number of methoxy groups -OCH3 is 1. The Morgan fingerprint density at radius 1 is 0.974 bits per heavy atom. The number of Topliss-reactive ketones (excluding diaryl/α,β-unsaturated/α-hetero) is 1. The highest BCUT2D eigenvalue weighted by molar-refractivity contribution is 6.51. The summed E-state index contributed by atoms with van der Waals surface area (Å²) in [5, 5.41) is 11.8. The van der Waals surface area contributed by atoms with Crippen LogP contribution in [0.4, 0.5) is 11.4 Å². The summed E-state index contributed by atoms with van der Waals surface area (Å²) in [6, 6.07) is 18.3. The lowest BCUT2D eigenvalue weighted by atomic mass is 9.89. The summed E-state index contributed by atoms with van der Waals surface area (Å²) in [4.78, 5) is 31.1. The SMILES string of the molecule is CCN(CC)c1ccc(N2C(=O)C(=O)/C(=C(/O)c3cc(C(C)C)c(OC)cc3C)C2c2ccccc2C)cc1. The van der Waals surface area contributed by atoms with Crippen LogP contribution in [0.1, 0.15) is 67.5 Å². The van der Waals surface area contributed by atoms with E-state index in [1.807, 2.05) is 88.4 Å². The van der Waals surface area contributed by atoms with Gasteiger partial charge >= 0.3 is 0 Å². The van der Waals surface area contributed by atoms with Crippen LogP contribution in [0, 0.1) is 13.8 Å². The minimum Gasteiger partial charge on any atom is -0.507 e. The highest BCUT2D eigenvalue weighted by Gasteiger charge is 2.47. The third-order valence-corrected chi connectivity index (χ3v) is 7.64. The van der Waals surface area contributed by atoms with Crippen LogP contribution in [0.25, 0.3) is 5.76 Å². The maximum Gasteiger partial charge on any atom is 0.300 e. The van der Waals surface area contributed by atoms with Crippen LogP contribution in [-0.2, 0) is 9.59 Å². The Bertz CT molecular complexity index is 1420. The van der Waals surface area contributed by atoms with Crippen LogP contribution < -0.4 is 14.5 Å². The maximum atomic E-state index is 13.7. The molecule has 0 aromatic heterocycles. The first kappa shape index (κ1) is 28.0. The molecule has 4 rings (SSSR count). The minimum atomic E-state index is -0.769. The van der Waals surface area contributed by atoms with Crippen LogP contribution >= 0.6 is 0 Å². The van der Waals surface area contributed by atoms with Gasteiger partial charge in [0.2, 0.25) is 0 Å². The number of amides is 1. The number of nitrogens with zero attached hydrogens (tertiary/aromatic N) is 2. The zero-order valence-corrected chi connectivity index (χ0v) is 23.9. The van der Waals surface area contributed by atoms with Crippen molar-refractivity contribution >= 4 is 28.8 Å². The topological polar surface area (TPSA) is 70.1 Å². The molecule has 1 heterocycles. The molecule has 204 valence electrons. The Balaban J connectivity index is 1.94. The fourth-order valence-corrected chi connectivity index (χ4v) is 5.43. The number of hydrogen-bond acceptors (Lipinski definition) is 5. The van der Waals surface area contributed by atoms with Crippen molar-refractivity contribution < 1.29 is 19.4 Å². The number of benzene rings is 3. The van der Waals surface area contributed by atoms with Gasteiger partial charge < -0.3 is 14.7 Å². The van der Waals surface area contributed by atoms with Crippen molar-refractivity contribution in [3.8, 4) is 5.75 Å². The van der Waals surface area contributed by atoms with E-state index in [2.05, 4.69) is 18.7 Å². The molecule has 0 saturated carbocycles. The third kappa shape index (κ3) is 5.03. The summed E-state index contributed by atoms with van der Waals surface area (Å²) in [6.07, 6.45) is 0. The molecule has 0 spiro atoms. The second kappa shape index (κ2) is 11.4. The number of anilines is 2. The van der Waals surface area contributed by atoms with Crippen molar-refractivity contribution in [3.63, 3.8) is 0 Å². The maximum absolute atomic E-state index is 13.7. The molecule has 6 nitrogen and oxygen atoms in total. The quantitative estimate of drug-likeness (QED) is 0.196. The number of aliphatic hydroxyl groups excluding tert-OH is 1. The molecule has 1 atom stereocenters. The second-order valence-electron chi connectivity index (χ2n) is 10.3. The molecule has 1 unspecified atom stereocenters. The molecule has 1 aliphatic heterocycles. The number of hydrogen-bond donors (Lipinski definition) is 1. The average Bonchev–Trinajstić information content (AvgIpc) is 3.19. The van der Waals surface area contributed by atoms with Gasteiger partial charge in [0.05, 0.1) is 18.7 Å². The molecule has 0 radical (unpaired) electrons. The highest BCUT2D eigenvalue weighted by atomic mass is 16.5. The van der Waals surface area contributed by atoms with E-state index in [-0.39, 0.29) is 17.3 Å². The van der Waals surface area contributed by atoms with E-state index in [1.54, 1.807) is 7.11 Å². The zero-order valence-electron chi connectivity index (χ0n) is 23.9. The first-order valence-electron chi connectivity index (χ1n) is 13.5. The second-order valence-corrected chi connectivity index (χ2v) is 10.3. The van der Waals surface area contributed by atoms with Gasteiger partial charge in [-0.1, -0.05) is 38.1 Å². The van der Waals surface area contributed by atoms with Crippen LogP contribution in [0.5, 0.6) is 5.75 Å². The summed E-state index contributed by atoms with van der Waals surface area (Å²) in [5.41, 5.74) is 5.65. The molecule has 1 aliphatic rings. The Labute approximate surface area is 231 Å². The number of carbonyl (C=O) groups excluding carboxylic acids is 2. The van der Waals surface area contributed by atoms with Crippen molar-refractivity contribution in [2.75, 3.05) is 30.0 Å². The van der Waals surface area contributed by atoms with E-state index in [0.29, 0.717) is 11.3 Å². The third-order valence-electron chi connectivity index (χ3n) is 7.64. The Hall–Kier alpha value is -4.06. The van der Waals surface area contributed by atoms with E-state index in [4.69, 9.17) is 4.74 Å². The summed E-state index contributed by atoms with van der Waals surface area (Å²) >= 11 is 0. The van der Waals surface area contributed by atoms with Gasteiger partial charge in [-0.2, -0.15) is 0 Å². The molecule has 0 aliphatic carbocycles. The first-order chi connectivity index (χ1) is 18.6. The summed E-state index contributed by atoms with van der Waals surface area (Å²) in [7, 11) is 1.62. The Kier molecular flexibility index (Phi) is 8.14. The van der Waals surface area contributed by atoms with Gasteiger partial charge in [0.15, 0.2) is 0 Å². The van der Waals surface area contributed by atoms with Crippen molar-refractivity contribution in [3.05, 3.63) is 94.1 Å². The molecule has 1 N–H and O–H groups in total. The largest absolute Gasteiger partial charge is 0.507 e. The fraction of sp³-hybridized carbons (Fsp3) is 0.333. The molecular weight excluding hydrogens is 488 g/mol. The lowest BCUT2D eigenvalue weighted by Crippen LogP contribution is -2.30. The normalized spacial score (nSPS) is 16.7. The fourth-order valence-electron chi connectivity index (χ4n) is 5.43. The number of aliphatic hydroxyl groups is 1. The lowest BCUT2D eigenvalue weighted by Gasteiger charge is -2.28. The van der Waals surface area contributed by atoms with E-state index < -0.39 is 17.7 Å². The molecule has 0 bridgehead atoms. The Morgan fingerprint density at radius 3 is 2.18 bits per heavy atom. The van der Waals surface area contributed by atoms with Gasteiger partial charge in [-0.15, -0.1) is 0 Å². The van der Waals surface area contributed by atoms with Gasteiger partial charge in [-0.05, 0) is 92.3 Å². The van der Waals surface area contributed by atoms with Crippen molar-refractivity contribution in [2.24, 2.45) is 0 Å². The lowest BCUT2D eigenvalue weighted by molar-refractivity contribution is -0.132. The number of ketones is 1. The monoisotopic (exact) mass is 526 g/mol. The summed E-state index contributed by atoms with van der Waals surface area (Å²) in [6.45, 7) is 13.8. The molecular formula is C33H38N2O4. The molecule has 1 fully saturated rings. The minimum absolute atomic E-state index is 0.0880. The van der Waals surface area contributed by atoms with Crippen molar-refractivity contribution in [1.29, 1.82) is 0 Å². The van der Waals surface area contributed by atoms with E-state index in [1.165, 1.54) is 4.90 Å². The van der Waals surface area contributed by atoms with Crippen LogP contribution in [0.3, 0.4) is 0 Å². The number of aryl methyl sites for hydroxylation is 2. The summed E-state index contributed by atoms with van der Waals surface area (Å²) in [5.74, 6) is -0.675. The van der Waals surface area contributed by atoms with E-state index in [0.717, 1.165) is 46.8 Å². The highest BCUT2D eigenvalue weighted by Crippen LogP contribution is 2.44. The van der Waals surface area contributed by atoms with Crippen LogP contribution in [0.15, 0.2) is 66.2 Å². The smallest absolute Gasteiger partial charge is 0.300 e. The number of carbonyl (C=O) groups is 2. The van der Waals surface area contributed by atoms with Crippen LogP contribution in [0.2, 0.25) is 0 Å². The molecule has 1 saturated heterocycles. The predicted molar refractivity (Wildman–Crippen MR) is 158 cm³/mol. The molecule has 3 aromatic rings. The number of rotatable bonds is 8. The molecule has 39 heavy (non-hydrogen) atoms. The number of ether oxygens (including phenoxy) is 1. The van der Waals surface area contributed by atoms with E-state index >= 15 is 0 Å². The van der Waals surface area contributed by atoms with Gasteiger partial charge in [0.25, 0.3) is 11.7 Å². The first-order valence-corrected chi connectivity index (χ1v) is 13.5. The van der Waals surface area contributed by atoms with E-state index in [9.17, 15) is 14.7 Å². The molecule has 6 heteroatoms. The summed E-state index contributed by atoms with van der Waals surface area (Å²) < 4.78 is 5.58. The van der Waals surface area contributed by atoms with Crippen molar-refractivity contribution in [2.45, 2.75) is 53.5 Å². The predicted octanol–water partition coefficient (Wildman–Crippen LogP) is 6.91. The van der Waals surface area contributed by atoms with Crippen LogP contribution in [-0.4, -0.2) is 37.0 Å². The standard InChI is InChI=1S/C33H38N2O4/c1-8-34(9-2)23-14-16-24(17-15-23)35-30(25-13-11-10-12-21(25)5)29(32(37)33(35)38)31(36)27-19-26(20(3)4)28(39-7)18-22(27)6/h10-20,30,36H,8-9H2,1-7H3/b31-29+. The van der Waals surface area contributed by atoms with Gasteiger partial charge in [0.1, 0.15) is 11.5 Å². The zero-order chi connectivity index (χ0) is 28.4. The van der Waals surface area contributed by atoms with Gasteiger partial charge in [-0.25, -0.2) is 0 Å².